The predicted octanol–water partition coefficient (Wildman–Crippen LogP) is 0.675. The standard InChI is InChI=1S/C12H23NO4/c1-12(2,3)17-8-6-13-5-7-16-9-10(13)11(14)15-4/h10H,5-9H2,1-4H3. The molecular formula is C12H23NO4. The Kier molecular flexibility index (Phi) is 5.36. The zero-order valence-electron chi connectivity index (χ0n) is 11.2. The summed E-state index contributed by atoms with van der Waals surface area (Å²) in [6, 6.07) is -0.294. The molecule has 1 aliphatic rings. The number of esters is 1. The average Bonchev–Trinajstić information content (AvgIpc) is 2.27. The maximum absolute atomic E-state index is 11.6. The average molecular weight is 245 g/mol. The van der Waals surface area contributed by atoms with Crippen molar-refractivity contribution in [1.29, 1.82) is 0 Å². The molecule has 0 saturated carbocycles. The minimum absolute atomic E-state index is 0.146. The van der Waals surface area contributed by atoms with Crippen LogP contribution in [0.25, 0.3) is 0 Å². The molecule has 0 spiro atoms. The molecule has 0 bridgehead atoms. The molecule has 100 valence electrons. The highest BCUT2D eigenvalue weighted by Crippen LogP contribution is 2.10. The molecule has 17 heavy (non-hydrogen) atoms. The smallest absolute Gasteiger partial charge is 0.325 e. The van der Waals surface area contributed by atoms with Gasteiger partial charge >= 0.3 is 5.97 Å². The van der Waals surface area contributed by atoms with Gasteiger partial charge in [0.05, 0.1) is 32.5 Å². The minimum atomic E-state index is -0.294. The number of carbonyl (C=O) groups is 1. The van der Waals surface area contributed by atoms with Crippen molar-refractivity contribution in [2.24, 2.45) is 0 Å². The molecule has 0 N–H and O–H groups in total. The van der Waals surface area contributed by atoms with Gasteiger partial charge in [-0.1, -0.05) is 0 Å². The summed E-state index contributed by atoms with van der Waals surface area (Å²) in [6.45, 7) is 9.19. The molecule has 1 aliphatic heterocycles. The third-order valence-corrected chi connectivity index (χ3v) is 2.63. The molecular weight excluding hydrogens is 222 g/mol. The molecule has 0 radical (unpaired) electrons. The van der Waals surface area contributed by atoms with Crippen LogP contribution >= 0.6 is 0 Å². The molecule has 0 amide bonds. The Balaban J connectivity index is 2.40. The third kappa shape index (κ3) is 5.02. The van der Waals surface area contributed by atoms with Crippen molar-refractivity contribution in [2.45, 2.75) is 32.4 Å². The first kappa shape index (κ1) is 14.4. The van der Waals surface area contributed by atoms with Crippen LogP contribution < -0.4 is 0 Å². The lowest BCUT2D eigenvalue weighted by atomic mass is 10.2. The van der Waals surface area contributed by atoms with E-state index in [-0.39, 0.29) is 17.6 Å². The highest BCUT2D eigenvalue weighted by atomic mass is 16.5. The van der Waals surface area contributed by atoms with E-state index in [9.17, 15) is 4.79 Å². The third-order valence-electron chi connectivity index (χ3n) is 2.63. The summed E-state index contributed by atoms with van der Waals surface area (Å²) >= 11 is 0. The Bertz CT molecular complexity index is 249. The number of nitrogens with zero attached hydrogens (tertiary/aromatic N) is 1. The first-order chi connectivity index (χ1) is 7.94. The summed E-state index contributed by atoms with van der Waals surface area (Å²) in [5.41, 5.74) is -0.146. The maximum atomic E-state index is 11.6. The topological polar surface area (TPSA) is 48.0 Å². The Hall–Kier alpha value is -0.650. The number of hydrogen-bond donors (Lipinski definition) is 0. The molecule has 1 heterocycles. The van der Waals surface area contributed by atoms with E-state index < -0.39 is 0 Å². The van der Waals surface area contributed by atoms with E-state index in [1.807, 2.05) is 20.8 Å². The molecule has 5 nitrogen and oxygen atoms in total. The number of carbonyl (C=O) groups excluding carboxylic acids is 1. The quantitative estimate of drug-likeness (QED) is 0.681. The Morgan fingerprint density at radius 1 is 1.47 bits per heavy atom. The first-order valence-corrected chi connectivity index (χ1v) is 5.97. The zero-order chi connectivity index (χ0) is 12.9. The van der Waals surface area contributed by atoms with Crippen LogP contribution in [0, 0.1) is 0 Å². The molecule has 0 aromatic rings. The number of methoxy groups -OCH3 is 1. The van der Waals surface area contributed by atoms with Crippen molar-refractivity contribution in [3.05, 3.63) is 0 Å². The number of ether oxygens (including phenoxy) is 3. The van der Waals surface area contributed by atoms with Gasteiger partial charge < -0.3 is 14.2 Å². The summed E-state index contributed by atoms with van der Waals surface area (Å²) in [6.07, 6.45) is 0. The second-order valence-electron chi connectivity index (χ2n) is 5.11. The lowest BCUT2D eigenvalue weighted by Gasteiger charge is -2.34. The predicted molar refractivity (Wildman–Crippen MR) is 63.9 cm³/mol. The van der Waals surface area contributed by atoms with Crippen molar-refractivity contribution in [2.75, 3.05) is 40.0 Å². The van der Waals surface area contributed by atoms with Crippen molar-refractivity contribution >= 4 is 5.97 Å². The van der Waals surface area contributed by atoms with E-state index in [1.54, 1.807) is 0 Å². The molecule has 1 unspecified atom stereocenters. The second-order valence-corrected chi connectivity index (χ2v) is 5.11. The van der Waals surface area contributed by atoms with E-state index >= 15 is 0 Å². The van der Waals surface area contributed by atoms with Gasteiger partial charge in [-0.2, -0.15) is 0 Å². The summed E-state index contributed by atoms with van der Waals surface area (Å²) in [5, 5.41) is 0. The summed E-state index contributed by atoms with van der Waals surface area (Å²) < 4.78 is 15.7. The molecule has 1 saturated heterocycles. The lowest BCUT2D eigenvalue weighted by molar-refractivity contribution is -0.154. The number of rotatable bonds is 4. The van der Waals surface area contributed by atoms with Crippen LogP contribution in [-0.2, 0) is 19.0 Å². The van der Waals surface area contributed by atoms with Crippen LogP contribution in [0.5, 0.6) is 0 Å². The highest BCUT2D eigenvalue weighted by molar-refractivity contribution is 5.75. The van der Waals surface area contributed by atoms with Crippen molar-refractivity contribution in [3.8, 4) is 0 Å². The van der Waals surface area contributed by atoms with Crippen LogP contribution in [0.2, 0.25) is 0 Å². The maximum Gasteiger partial charge on any atom is 0.325 e. The van der Waals surface area contributed by atoms with E-state index in [4.69, 9.17) is 14.2 Å². The molecule has 1 fully saturated rings. The van der Waals surface area contributed by atoms with Gasteiger partial charge in [0.25, 0.3) is 0 Å². The van der Waals surface area contributed by atoms with Gasteiger partial charge in [-0.05, 0) is 20.8 Å². The van der Waals surface area contributed by atoms with Gasteiger partial charge in [0.1, 0.15) is 6.04 Å². The molecule has 1 atom stereocenters. The fourth-order valence-electron chi connectivity index (χ4n) is 1.73. The largest absolute Gasteiger partial charge is 0.468 e. The SMILES string of the molecule is COC(=O)C1COCCN1CCOC(C)(C)C. The summed E-state index contributed by atoms with van der Waals surface area (Å²) in [5.74, 6) is -0.236. The number of morpholine rings is 1. The van der Waals surface area contributed by atoms with Gasteiger partial charge in [0, 0.05) is 13.1 Å². The monoisotopic (exact) mass is 245 g/mol. The van der Waals surface area contributed by atoms with Crippen molar-refractivity contribution < 1.29 is 19.0 Å². The summed E-state index contributed by atoms with van der Waals surface area (Å²) in [7, 11) is 1.40. The van der Waals surface area contributed by atoms with Gasteiger partial charge in [0.15, 0.2) is 0 Å². The van der Waals surface area contributed by atoms with Crippen molar-refractivity contribution in [3.63, 3.8) is 0 Å². The molecule has 0 aliphatic carbocycles. The van der Waals surface area contributed by atoms with E-state index in [1.165, 1.54) is 7.11 Å². The van der Waals surface area contributed by atoms with Gasteiger partial charge in [-0.3, -0.25) is 9.69 Å². The van der Waals surface area contributed by atoms with E-state index in [0.717, 1.165) is 13.1 Å². The van der Waals surface area contributed by atoms with E-state index in [2.05, 4.69) is 4.90 Å². The van der Waals surface area contributed by atoms with Crippen LogP contribution in [0.15, 0.2) is 0 Å². The van der Waals surface area contributed by atoms with Gasteiger partial charge in [0.2, 0.25) is 0 Å². The zero-order valence-corrected chi connectivity index (χ0v) is 11.2. The van der Waals surface area contributed by atoms with Crippen LogP contribution in [0.1, 0.15) is 20.8 Å². The molecule has 0 aromatic carbocycles. The van der Waals surface area contributed by atoms with Gasteiger partial charge in [-0.25, -0.2) is 0 Å². The van der Waals surface area contributed by atoms with Crippen molar-refractivity contribution in [1.82, 2.24) is 4.90 Å². The number of hydrogen-bond acceptors (Lipinski definition) is 5. The minimum Gasteiger partial charge on any atom is -0.468 e. The molecule has 1 rings (SSSR count). The van der Waals surface area contributed by atoms with E-state index in [0.29, 0.717) is 19.8 Å². The Morgan fingerprint density at radius 3 is 2.76 bits per heavy atom. The Labute approximate surface area is 103 Å². The second kappa shape index (κ2) is 6.33. The van der Waals surface area contributed by atoms with Crippen LogP contribution in [0.3, 0.4) is 0 Å². The fraction of sp³-hybridized carbons (Fsp3) is 0.917. The summed E-state index contributed by atoms with van der Waals surface area (Å²) in [4.78, 5) is 13.6. The van der Waals surface area contributed by atoms with Crippen LogP contribution in [0.4, 0.5) is 0 Å². The van der Waals surface area contributed by atoms with Crippen LogP contribution in [-0.4, -0.2) is 62.5 Å². The Morgan fingerprint density at radius 2 is 2.18 bits per heavy atom. The van der Waals surface area contributed by atoms with Gasteiger partial charge in [-0.15, -0.1) is 0 Å². The first-order valence-electron chi connectivity index (χ1n) is 5.97. The molecule has 0 aromatic heterocycles. The normalized spacial score (nSPS) is 22.5. The lowest BCUT2D eigenvalue weighted by Crippen LogP contribution is -2.51. The molecule has 5 heteroatoms. The fourth-order valence-corrected chi connectivity index (χ4v) is 1.73. The highest BCUT2D eigenvalue weighted by Gasteiger charge is 2.30.